The van der Waals surface area contributed by atoms with Crippen molar-refractivity contribution in [2.75, 3.05) is 12.4 Å². The van der Waals surface area contributed by atoms with Crippen molar-refractivity contribution in [1.82, 2.24) is 5.32 Å². The lowest BCUT2D eigenvalue weighted by molar-refractivity contribution is -0.137. The van der Waals surface area contributed by atoms with Crippen molar-refractivity contribution < 1.29 is 18.0 Å². The lowest BCUT2D eigenvalue weighted by atomic mass is 9.96. The first-order chi connectivity index (χ1) is 12.9. The van der Waals surface area contributed by atoms with Crippen molar-refractivity contribution >= 4 is 28.3 Å². The van der Waals surface area contributed by atoms with E-state index in [-0.39, 0.29) is 5.91 Å². The Morgan fingerprint density at radius 3 is 2.41 bits per heavy atom. The van der Waals surface area contributed by atoms with Gasteiger partial charge in [-0.25, -0.2) is 0 Å². The molecule has 3 aromatic rings. The molecule has 0 bridgehead atoms. The molecule has 0 atom stereocenters. The SMILES string of the molecule is O=C(NCCCCl)c1ccc2c(-c3ccc(C(F)(F)F)cc3)cccc2c1. The van der Waals surface area contributed by atoms with Crippen LogP contribution < -0.4 is 5.32 Å². The van der Waals surface area contributed by atoms with Crippen LogP contribution in [-0.2, 0) is 6.18 Å². The van der Waals surface area contributed by atoms with Crippen molar-refractivity contribution in [3.63, 3.8) is 0 Å². The summed E-state index contributed by atoms with van der Waals surface area (Å²) in [6.07, 6.45) is -3.66. The Hall–Kier alpha value is -2.53. The molecule has 3 aromatic carbocycles. The highest BCUT2D eigenvalue weighted by atomic mass is 35.5. The van der Waals surface area contributed by atoms with Gasteiger partial charge in [-0.05, 0) is 52.6 Å². The Morgan fingerprint density at radius 2 is 1.74 bits per heavy atom. The van der Waals surface area contributed by atoms with E-state index in [9.17, 15) is 18.0 Å². The van der Waals surface area contributed by atoms with Gasteiger partial charge < -0.3 is 5.32 Å². The highest BCUT2D eigenvalue weighted by Gasteiger charge is 2.30. The molecule has 6 heteroatoms. The van der Waals surface area contributed by atoms with E-state index in [4.69, 9.17) is 11.6 Å². The summed E-state index contributed by atoms with van der Waals surface area (Å²) < 4.78 is 38.3. The number of carbonyl (C=O) groups excluding carboxylic acids is 1. The Bertz CT molecular complexity index is 952. The highest BCUT2D eigenvalue weighted by Crippen LogP contribution is 2.33. The van der Waals surface area contributed by atoms with Gasteiger partial charge in [0.2, 0.25) is 0 Å². The number of hydrogen-bond donors (Lipinski definition) is 1. The summed E-state index contributed by atoms with van der Waals surface area (Å²) >= 11 is 5.61. The molecular weight excluding hydrogens is 375 g/mol. The Balaban J connectivity index is 1.93. The average Bonchev–Trinajstić information content (AvgIpc) is 2.66. The van der Waals surface area contributed by atoms with Crippen molar-refractivity contribution in [2.45, 2.75) is 12.6 Å². The second-order valence-electron chi connectivity index (χ2n) is 6.12. The number of rotatable bonds is 5. The van der Waals surface area contributed by atoms with E-state index in [2.05, 4.69) is 5.32 Å². The number of halogens is 4. The first-order valence-corrected chi connectivity index (χ1v) is 8.98. The van der Waals surface area contributed by atoms with Crippen molar-refractivity contribution in [3.8, 4) is 11.1 Å². The van der Waals surface area contributed by atoms with Crippen LogP contribution in [0.5, 0.6) is 0 Å². The molecule has 0 unspecified atom stereocenters. The summed E-state index contributed by atoms with van der Waals surface area (Å²) in [5, 5.41) is 4.52. The third-order valence-electron chi connectivity index (χ3n) is 4.26. The van der Waals surface area contributed by atoms with Gasteiger partial charge in [-0.3, -0.25) is 4.79 Å². The molecule has 0 spiro atoms. The largest absolute Gasteiger partial charge is 0.416 e. The summed E-state index contributed by atoms with van der Waals surface area (Å²) in [5.41, 5.74) is 1.35. The molecule has 0 heterocycles. The van der Waals surface area contributed by atoms with E-state index in [1.54, 1.807) is 12.1 Å². The van der Waals surface area contributed by atoms with Crippen molar-refractivity contribution in [3.05, 3.63) is 71.8 Å². The molecule has 0 radical (unpaired) electrons. The Kier molecular flexibility index (Phi) is 5.71. The van der Waals surface area contributed by atoms with Crippen LogP contribution in [0, 0.1) is 0 Å². The lowest BCUT2D eigenvalue weighted by Crippen LogP contribution is -2.24. The zero-order valence-corrected chi connectivity index (χ0v) is 15.1. The van der Waals surface area contributed by atoms with E-state index in [0.717, 1.165) is 28.5 Å². The van der Waals surface area contributed by atoms with E-state index in [1.807, 2.05) is 24.3 Å². The van der Waals surface area contributed by atoms with Crippen molar-refractivity contribution in [2.24, 2.45) is 0 Å². The second-order valence-corrected chi connectivity index (χ2v) is 6.49. The molecule has 0 aromatic heterocycles. The van der Waals surface area contributed by atoms with E-state index in [0.29, 0.717) is 30.0 Å². The number of nitrogens with one attached hydrogen (secondary N) is 1. The van der Waals surface area contributed by atoms with Crippen LogP contribution in [0.1, 0.15) is 22.3 Å². The molecule has 0 fully saturated rings. The minimum Gasteiger partial charge on any atom is -0.352 e. The fraction of sp³-hybridized carbons (Fsp3) is 0.190. The molecule has 27 heavy (non-hydrogen) atoms. The number of alkyl halides is 4. The Morgan fingerprint density at radius 1 is 1.00 bits per heavy atom. The van der Waals surface area contributed by atoms with Gasteiger partial charge in [0.1, 0.15) is 0 Å². The molecule has 2 nitrogen and oxygen atoms in total. The summed E-state index contributed by atoms with van der Waals surface area (Å²) in [6.45, 7) is 0.506. The maximum atomic E-state index is 12.8. The topological polar surface area (TPSA) is 29.1 Å². The predicted molar refractivity (Wildman–Crippen MR) is 102 cm³/mol. The van der Waals surface area contributed by atoms with Crippen LogP contribution in [0.2, 0.25) is 0 Å². The first kappa shape index (κ1) is 19.2. The maximum Gasteiger partial charge on any atom is 0.416 e. The maximum absolute atomic E-state index is 12.8. The van der Waals surface area contributed by atoms with Gasteiger partial charge in [0.15, 0.2) is 0 Å². The molecule has 3 rings (SSSR count). The molecule has 1 N–H and O–H groups in total. The van der Waals surface area contributed by atoms with Crippen LogP contribution in [0.4, 0.5) is 13.2 Å². The van der Waals surface area contributed by atoms with Crippen LogP contribution in [0.25, 0.3) is 21.9 Å². The summed E-state index contributed by atoms with van der Waals surface area (Å²) in [5.74, 6) is 0.302. The predicted octanol–water partition coefficient (Wildman–Crippen LogP) is 5.88. The fourth-order valence-electron chi connectivity index (χ4n) is 2.89. The summed E-state index contributed by atoms with van der Waals surface area (Å²) in [4.78, 5) is 12.2. The van der Waals surface area contributed by atoms with Crippen LogP contribution in [0.3, 0.4) is 0 Å². The van der Waals surface area contributed by atoms with Gasteiger partial charge in [0, 0.05) is 18.0 Å². The number of hydrogen-bond acceptors (Lipinski definition) is 1. The van der Waals surface area contributed by atoms with Gasteiger partial charge in [-0.1, -0.05) is 36.4 Å². The molecule has 0 aliphatic carbocycles. The zero-order chi connectivity index (χ0) is 19.4. The van der Waals surface area contributed by atoms with Crippen LogP contribution in [-0.4, -0.2) is 18.3 Å². The third kappa shape index (κ3) is 4.42. The number of benzene rings is 3. The summed E-state index contributed by atoms with van der Waals surface area (Å²) in [6, 6.07) is 15.9. The van der Waals surface area contributed by atoms with E-state index < -0.39 is 11.7 Å². The molecule has 0 aliphatic heterocycles. The normalized spacial score (nSPS) is 11.6. The lowest BCUT2D eigenvalue weighted by Gasteiger charge is -2.11. The van der Waals surface area contributed by atoms with Crippen LogP contribution in [0.15, 0.2) is 60.7 Å². The quantitative estimate of drug-likeness (QED) is 0.427. The molecule has 0 saturated carbocycles. The standard InChI is InChI=1S/C21H17ClF3NO/c22-11-2-12-26-20(27)16-7-10-19-15(13-16)3-1-4-18(19)14-5-8-17(9-6-14)21(23,24)25/h1,3-10,13H,2,11-12H2,(H,26,27). The Labute approximate surface area is 160 Å². The van der Waals surface area contributed by atoms with Crippen LogP contribution >= 0.6 is 11.6 Å². The van der Waals surface area contributed by atoms with Crippen molar-refractivity contribution in [1.29, 1.82) is 0 Å². The number of amides is 1. The smallest absolute Gasteiger partial charge is 0.352 e. The fourth-order valence-corrected chi connectivity index (χ4v) is 3.02. The third-order valence-corrected chi connectivity index (χ3v) is 4.53. The van der Waals surface area contributed by atoms with Gasteiger partial charge in [-0.15, -0.1) is 11.6 Å². The van der Waals surface area contributed by atoms with E-state index in [1.165, 1.54) is 12.1 Å². The summed E-state index contributed by atoms with van der Waals surface area (Å²) in [7, 11) is 0. The van der Waals surface area contributed by atoms with Gasteiger partial charge in [0.05, 0.1) is 5.56 Å². The molecular formula is C21H17ClF3NO. The van der Waals surface area contributed by atoms with Gasteiger partial charge in [0.25, 0.3) is 5.91 Å². The molecule has 140 valence electrons. The molecule has 0 aliphatic rings. The zero-order valence-electron chi connectivity index (χ0n) is 14.3. The molecule has 0 saturated heterocycles. The van der Waals surface area contributed by atoms with Gasteiger partial charge in [-0.2, -0.15) is 13.2 Å². The minimum absolute atomic E-state index is 0.179. The van der Waals surface area contributed by atoms with E-state index >= 15 is 0 Å². The number of fused-ring (bicyclic) bond motifs is 1. The number of carbonyl (C=O) groups is 1. The molecule has 1 amide bonds. The monoisotopic (exact) mass is 391 g/mol. The average molecular weight is 392 g/mol. The second kappa shape index (κ2) is 8.01. The minimum atomic E-state index is -4.36. The van der Waals surface area contributed by atoms with Gasteiger partial charge >= 0.3 is 6.18 Å². The first-order valence-electron chi connectivity index (χ1n) is 8.45. The highest BCUT2D eigenvalue weighted by molar-refractivity contribution is 6.17.